The smallest absolute Gasteiger partial charge is 0.241 e. The number of aryl methyl sites for hydroxylation is 1. The molecule has 9 heteroatoms. The van der Waals surface area contributed by atoms with Crippen molar-refractivity contribution in [3.8, 4) is 0 Å². The zero-order valence-corrected chi connectivity index (χ0v) is 14.7. The quantitative estimate of drug-likeness (QED) is 0.814. The van der Waals surface area contributed by atoms with Gasteiger partial charge in [0.25, 0.3) is 0 Å². The van der Waals surface area contributed by atoms with E-state index in [0.29, 0.717) is 15.6 Å². The molecule has 1 heterocycles. The number of amides is 1. The van der Waals surface area contributed by atoms with Crippen LogP contribution in [0.1, 0.15) is 22.3 Å². The highest BCUT2D eigenvalue weighted by atomic mass is 35.5. The lowest BCUT2D eigenvalue weighted by Gasteiger charge is -2.04. The zero-order valence-electron chi connectivity index (χ0n) is 12.3. The van der Waals surface area contributed by atoms with E-state index in [1.807, 2.05) is 0 Å². The highest BCUT2D eigenvalue weighted by molar-refractivity contribution is 7.92. The van der Waals surface area contributed by atoms with Crippen LogP contribution in [0.25, 0.3) is 0 Å². The van der Waals surface area contributed by atoms with Crippen LogP contribution < -0.4 is 5.32 Å². The first-order chi connectivity index (χ1) is 10.7. The molecule has 2 rings (SSSR count). The number of anilines is 1. The number of Topliss-reactive ketones (excluding diaryl/α,β-unsaturated/α-hetero) is 1. The molecular weight excluding hydrogens is 360 g/mol. The maximum atomic E-state index is 12.1. The first kappa shape index (κ1) is 17.6. The minimum atomic E-state index is -3.78. The Morgan fingerprint density at radius 1 is 1.26 bits per heavy atom. The maximum absolute atomic E-state index is 12.1. The molecule has 0 unspecified atom stereocenters. The molecule has 0 atom stereocenters. The van der Waals surface area contributed by atoms with E-state index < -0.39 is 21.5 Å². The number of benzene rings is 1. The number of nitrogens with zero attached hydrogens (tertiary/aromatic N) is 1. The average molecular weight is 373 g/mol. The van der Waals surface area contributed by atoms with E-state index in [1.165, 1.54) is 31.2 Å². The molecule has 0 saturated heterocycles. The topological polar surface area (TPSA) is 93.2 Å². The summed E-state index contributed by atoms with van der Waals surface area (Å²) in [5.74, 6) is -1.60. The third-order valence-electron chi connectivity index (χ3n) is 2.86. The van der Waals surface area contributed by atoms with Crippen molar-refractivity contribution in [2.45, 2.75) is 18.7 Å². The SMILES string of the molecule is CC(=O)c1sc(NC(=O)CS(=O)(=O)c2ccc(Cl)cc2)nc1C. The predicted octanol–water partition coefficient (Wildman–Crippen LogP) is 2.72. The Hall–Kier alpha value is -1.77. The Bertz CT molecular complexity index is 857. The van der Waals surface area contributed by atoms with Crippen LogP contribution in [0.4, 0.5) is 5.13 Å². The molecule has 2 aromatic rings. The lowest BCUT2D eigenvalue weighted by atomic mass is 10.3. The van der Waals surface area contributed by atoms with E-state index in [0.717, 1.165) is 11.3 Å². The summed E-state index contributed by atoms with van der Waals surface area (Å²) in [5, 5.41) is 3.01. The first-order valence-corrected chi connectivity index (χ1v) is 9.30. The number of hydrogen-bond acceptors (Lipinski definition) is 6. The van der Waals surface area contributed by atoms with Gasteiger partial charge in [0.2, 0.25) is 5.91 Å². The van der Waals surface area contributed by atoms with Crippen LogP contribution in [0.2, 0.25) is 5.02 Å². The fraction of sp³-hybridized carbons (Fsp3) is 0.214. The molecule has 23 heavy (non-hydrogen) atoms. The van der Waals surface area contributed by atoms with Crippen LogP contribution >= 0.6 is 22.9 Å². The second-order valence-electron chi connectivity index (χ2n) is 4.75. The molecule has 0 fully saturated rings. The lowest BCUT2D eigenvalue weighted by Crippen LogP contribution is -2.22. The summed E-state index contributed by atoms with van der Waals surface area (Å²) >= 11 is 6.72. The van der Waals surface area contributed by atoms with Crippen molar-refractivity contribution in [1.29, 1.82) is 0 Å². The maximum Gasteiger partial charge on any atom is 0.241 e. The third kappa shape index (κ3) is 4.37. The molecule has 1 aromatic carbocycles. The number of carbonyl (C=O) groups is 2. The Morgan fingerprint density at radius 2 is 1.87 bits per heavy atom. The Balaban J connectivity index is 2.11. The van der Waals surface area contributed by atoms with Gasteiger partial charge in [0.05, 0.1) is 15.5 Å². The minimum absolute atomic E-state index is 0.0109. The average Bonchev–Trinajstić information content (AvgIpc) is 2.79. The number of sulfone groups is 1. The number of carbonyl (C=O) groups excluding carboxylic acids is 2. The highest BCUT2D eigenvalue weighted by Crippen LogP contribution is 2.23. The van der Waals surface area contributed by atoms with Crippen LogP contribution in [0, 0.1) is 6.92 Å². The predicted molar refractivity (Wildman–Crippen MR) is 89.0 cm³/mol. The molecule has 0 aliphatic rings. The summed E-state index contributed by atoms with van der Waals surface area (Å²) in [6.07, 6.45) is 0. The standard InChI is InChI=1S/C14H13ClN2O4S2/c1-8-13(9(2)18)22-14(16-8)17-12(19)7-23(20,21)11-5-3-10(15)4-6-11/h3-6H,7H2,1-2H3,(H,16,17,19). The van der Waals surface area contributed by atoms with Gasteiger partial charge in [0.1, 0.15) is 5.75 Å². The van der Waals surface area contributed by atoms with Crippen molar-refractivity contribution in [3.63, 3.8) is 0 Å². The molecule has 0 aliphatic carbocycles. The first-order valence-electron chi connectivity index (χ1n) is 6.45. The summed E-state index contributed by atoms with van der Waals surface area (Å²) in [7, 11) is -3.78. The number of aromatic nitrogens is 1. The Kier molecular flexibility index (Phi) is 5.18. The van der Waals surface area contributed by atoms with Crippen LogP contribution in [0.3, 0.4) is 0 Å². The zero-order chi connectivity index (χ0) is 17.2. The summed E-state index contributed by atoms with van der Waals surface area (Å²) in [4.78, 5) is 27.8. The normalized spacial score (nSPS) is 11.3. The van der Waals surface area contributed by atoms with E-state index in [1.54, 1.807) is 6.92 Å². The van der Waals surface area contributed by atoms with Crippen molar-refractivity contribution < 1.29 is 18.0 Å². The molecular formula is C14H13ClN2O4S2. The molecule has 0 spiro atoms. The van der Waals surface area contributed by atoms with Gasteiger partial charge in [0.15, 0.2) is 20.8 Å². The van der Waals surface area contributed by atoms with Gasteiger partial charge < -0.3 is 5.32 Å². The van der Waals surface area contributed by atoms with Gasteiger partial charge in [0, 0.05) is 11.9 Å². The molecule has 122 valence electrons. The van der Waals surface area contributed by atoms with Gasteiger partial charge in [-0.15, -0.1) is 0 Å². The lowest BCUT2D eigenvalue weighted by molar-refractivity contribution is -0.113. The molecule has 1 N–H and O–H groups in total. The van der Waals surface area contributed by atoms with Crippen LogP contribution in [0.15, 0.2) is 29.2 Å². The van der Waals surface area contributed by atoms with Crippen molar-refractivity contribution in [2.75, 3.05) is 11.1 Å². The van der Waals surface area contributed by atoms with Gasteiger partial charge >= 0.3 is 0 Å². The summed E-state index contributed by atoms with van der Waals surface area (Å²) in [6.45, 7) is 3.05. The monoisotopic (exact) mass is 372 g/mol. The van der Waals surface area contributed by atoms with Gasteiger partial charge in [-0.05, 0) is 31.2 Å². The van der Waals surface area contributed by atoms with Crippen LogP contribution in [-0.4, -0.2) is 30.8 Å². The number of rotatable bonds is 5. The molecule has 0 saturated carbocycles. The third-order valence-corrected chi connectivity index (χ3v) is 5.91. The van der Waals surface area contributed by atoms with Gasteiger partial charge in [-0.1, -0.05) is 22.9 Å². The molecule has 1 aromatic heterocycles. The number of halogens is 1. The number of hydrogen-bond donors (Lipinski definition) is 1. The summed E-state index contributed by atoms with van der Waals surface area (Å²) in [6, 6.07) is 5.56. The largest absolute Gasteiger partial charge is 0.301 e. The fourth-order valence-electron chi connectivity index (χ4n) is 1.83. The second kappa shape index (κ2) is 6.77. The highest BCUT2D eigenvalue weighted by Gasteiger charge is 2.21. The van der Waals surface area contributed by atoms with E-state index in [2.05, 4.69) is 10.3 Å². The number of ketones is 1. The molecule has 0 radical (unpaired) electrons. The summed E-state index contributed by atoms with van der Waals surface area (Å²) in [5.41, 5.74) is 0.498. The number of nitrogens with one attached hydrogen (secondary N) is 1. The Labute approximate surface area is 142 Å². The van der Waals surface area contributed by atoms with E-state index in [-0.39, 0.29) is 15.8 Å². The van der Waals surface area contributed by atoms with Crippen molar-refractivity contribution in [2.24, 2.45) is 0 Å². The molecule has 6 nitrogen and oxygen atoms in total. The van der Waals surface area contributed by atoms with Gasteiger partial charge in [-0.2, -0.15) is 0 Å². The van der Waals surface area contributed by atoms with Gasteiger partial charge in [-0.25, -0.2) is 13.4 Å². The van der Waals surface area contributed by atoms with E-state index >= 15 is 0 Å². The fourth-order valence-corrected chi connectivity index (χ4v) is 3.97. The van der Waals surface area contributed by atoms with E-state index in [9.17, 15) is 18.0 Å². The van der Waals surface area contributed by atoms with Crippen LogP contribution in [0.5, 0.6) is 0 Å². The molecule has 0 aliphatic heterocycles. The molecule has 1 amide bonds. The summed E-state index contributed by atoms with van der Waals surface area (Å²) < 4.78 is 24.3. The molecule has 0 bridgehead atoms. The second-order valence-corrected chi connectivity index (χ2v) is 8.18. The Morgan fingerprint density at radius 3 is 2.39 bits per heavy atom. The van der Waals surface area contributed by atoms with Crippen molar-refractivity contribution in [3.05, 3.63) is 39.9 Å². The van der Waals surface area contributed by atoms with E-state index in [4.69, 9.17) is 11.6 Å². The van der Waals surface area contributed by atoms with Gasteiger partial charge in [-0.3, -0.25) is 9.59 Å². The van der Waals surface area contributed by atoms with Crippen molar-refractivity contribution in [1.82, 2.24) is 4.98 Å². The van der Waals surface area contributed by atoms with Crippen LogP contribution in [-0.2, 0) is 14.6 Å². The van der Waals surface area contributed by atoms with Crippen molar-refractivity contribution >= 4 is 49.6 Å². The minimum Gasteiger partial charge on any atom is -0.301 e. The number of thiazole rings is 1.